The number of hydrogen-bond acceptors (Lipinski definition) is 4. The van der Waals surface area contributed by atoms with E-state index >= 15 is 0 Å². The Kier molecular flexibility index (Phi) is 6.36. The third kappa shape index (κ3) is 4.50. The molecule has 0 bridgehead atoms. The molecule has 1 N–H and O–H groups in total. The van der Waals surface area contributed by atoms with Crippen molar-refractivity contribution in [1.29, 1.82) is 0 Å². The first-order valence-electron chi connectivity index (χ1n) is 10.3. The third-order valence-corrected chi connectivity index (χ3v) is 5.65. The van der Waals surface area contributed by atoms with Crippen LogP contribution in [0.1, 0.15) is 22.8 Å². The van der Waals surface area contributed by atoms with Gasteiger partial charge in [-0.2, -0.15) is 0 Å². The smallest absolute Gasteiger partial charge is 0.194 e. The number of hydrogen-bond donors (Lipinski definition) is 1. The molecule has 154 valence electrons. The lowest BCUT2D eigenvalue weighted by atomic mass is 9.98. The van der Waals surface area contributed by atoms with Gasteiger partial charge in [0.05, 0.1) is 11.6 Å². The van der Waals surface area contributed by atoms with Gasteiger partial charge in [-0.05, 0) is 66.6 Å². The zero-order valence-corrected chi connectivity index (χ0v) is 17.8. The van der Waals surface area contributed by atoms with Gasteiger partial charge in [0, 0.05) is 43.0 Å². The molecule has 0 radical (unpaired) electrons. The van der Waals surface area contributed by atoms with E-state index in [0.717, 1.165) is 43.1 Å². The topological polar surface area (TPSA) is 41.6 Å². The first kappa shape index (κ1) is 20.5. The molecule has 0 amide bonds. The van der Waals surface area contributed by atoms with Crippen molar-refractivity contribution in [2.75, 3.05) is 37.7 Å². The van der Waals surface area contributed by atoms with E-state index in [4.69, 9.17) is 16.3 Å². The van der Waals surface area contributed by atoms with Crippen LogP contribution >= 0.6 is 11.6 Å². The molecule has 1 heterocycles. The number of benzene rings is 3. The Morgan fingerprint density at radius 2 is 1.63 bits per heavy atom. The highest BCUT2D eigenvalue weighted by molar-refractivity contribution is 6.35. The summed E-state index contributed by atoms with van der Waals surface area (Å²) in [6.07, 6.45) is 0. The van der Waals surface area contributed by atoms with Gasteiger partial charge in [0.15, 0.2) is 5.78 Å². The maximum Gasteiger partial charge on any atom is 0.194 e. The molecular weight excluding hydrogens is 396 g/mol. The molecule has 0 spiro atoms. The number of carbonyl (C=O) groups is 1. The fraction of sp³-hybridized carbons (Fsp3) is 0.240. The van der Waals surface area contributed by atoms with Gasteiger partial charge in [-0.25, -0.2) is 0 Å². The van der Waals surface area contributed by atoms with E-state index in [0.29, 0.717) is 22.8 Å². The van der Waals surface area contributed by atoms with E-state index in [2.05, 4.69) is 34.5 Å². The Bertz CT molecular complexity index is 1010. The van der Waals surface area contributed by atoms with Crippen LogP contribution in [-0.4, -0.2) is 38.6 Å². The summed E-state index contributed by atoms with van der Waals surface area (Å²) >= 11 is 6.38. The van der Waals surface area contributed by atoms with Gasteiger partial charge in [0.2, 0.25) is 0 Å². The fourth-order valence-electron chi connectivity index (χ4n) is 3.69. The fourth-order valence-corrected chi connectivity index (χ4v) is 3.89. The molecule has 1 fully saturated rings. The van der Waals surface area contributed by atoms with E-state index in [9.17, 15) is 4.79 Å². The van der Waals surface area contributed by atoms with Crippen LogP contribution in [0.5, 0.6) is 5.75 Å². The number of nitrogens with zero attached hydrogens (tertiary/aromatic N) is 1. The van der Waals surface area contributed by atoms with E-state index in [1.54, 1.807) is 18.2 Å². The van der Waals surface area contributed by atoms with Crippen molar-refractivity contribution in [3.05, 3.63) is 82.9 Å². The molecular formula is C25H25ClN2O2. The zero-order chi connectivity index (χ0) is 20.9. The van der Waals surface area contributed by atoms with E-state index in [1.165, 1.54) is 5.69 Å². The quantitative estimate of drug-likeness (QED) is 0.567. The molecule has 1 aliphatic rings. The zero-order valence-electron chi connectivity index (χ0n) is 17.0. The Morgan fingerprint density at radius 1 is 0.967 bits per heavy atom. The average Bonchev–Trinajstić information content (AvgIpc) is 2.80. The maximum absolute atomic E-state index is 13.0. The molecule has 4 rings (SSSR count). The van der Waals surface area contributed by atoms with E-state index in [-0.39, 0.29) is 5.78 Å². The minimum Gasteiger partial charge on any atom is -0.494 e. The van der Waals surface area contributed by atoms with Crippen LogP contribution in [0, 0.1) is 0 Å². The van der Waals surface area contributed by atoms with Gasteiger partial charge in [-0.15, -0.1) is 0 Å². The molecule has 0 aromatic heterocycles. The summed E-state index contributed by atoms with van der Waals surface area (Å²) < 4.78 is 5.46. The van der Waals surface area contributed by atoms with Gasteiger partial charge in [-0.3, -0.25) is 4.79 Å². The standard InChI is InChI=1S/C25H25ClN2O2/c1-2-30-22-10-5-19(6-11-22)25(29)23-17-20(7-12-24(23)26)18-3-8-21(9-4-18)28-15-13-27-14-16-28/h3-12,17,27H,2,13-16H2,1H3. The summed E-state index contributed by atoms with van der Waals surface area (Å²) in [5.74, 6) is 0.654. The largest absolute Gasteiger partial charge is 0.494 e. The molecule has 4 nitrogen and oxygen atoms in total. The van der Waals surface area contributed by atoms with E-state index in [1.807, 2.05) is 31.2 Å². The predicted molar refractivity (Wildman–Crippen MR) is 123 cm³/mol. The van der Waals surface area contributed by atoms with Crippen molar-refractivity contribution in [3.63, 3.8) is 0 Å². The van der Waals surface area contributed by atoms with Crippen LogP contribution in [0.15, 0.2) is 66.7 Å². The van der Waals surface area contributed by atoms with Crippen LogP contribution in [0.3, 0.4) is 0 Å². The number of ether oxygens (including phenoxy) is 1. The van der Waals surface area contributed by atoms with Crippen molar-refractivity contribution < 1.29 is 9.53 Å². The van der Waals surface area contributed by atoms with E-state index < -0.39 is 0 Å². The normalized spacial score (nSPS) is 13.9. The molecule has 5 heteroatoms. The highest BCUT2D eigenvalue weighted by Gasteiger charge is 2.15. The molecule has 3 aromatic rings. The van der Waals surface area contributed by atoms with Crippen molar-refractivity contribution >= 4 is 23.1 Å². The molecule has 0 unspecified atom stereocenters. The Morgan fingerprint density at radius 3 is 2.30 bits per heavy atom. The van der Waals surface area contributed by atoms with Gasteiger partial charge < -0.3 is 15.0 Å². The number of halogens is 1. The number of anilines is 1. The lowest BCUT2D eigenvalue weighted by molar-refractivity contribution is 0.103. The monoisotopic (exact) mass is 420 g/mol. The summed E-state index contributed by atoms with van der Waals surface area (Å²) in [6.45, 7) is 6.57. The summed E-state index contributed by atoms with van der Waals surface area (Å²) in [4.78, 5) is 15.4. The second kappa shape index (κ2) is 9.33. The summed E-state index contributed by atoms with van der Waals surface area (Å²) in [5, 5.41) is 3.83. The van der Waals surface area contributed by atoms with Crippen LogP contribution in [-0.2, 0) is 0 Å². The first-order valence-corrected chi connectivity index (χ1v) is 10.7. The maximum atomic E-state index is 13.0. The van der Waals surface area contributed by atoms with Gasteiger partial charge in [-0.1, -0.05) is 29.8 Å². The van der Waals surface area contributed by atoms with Crippen LogP contribution in [0.2, 0.25) is 5.02 Å². The second-order valence-electron chi connectivity index (χ2n) is 7.27. The second-order valence-corrected chi connectivity index (χ2v) is 7.67. The summed E-state index contributed by atoms with van der Waals surface area (Å²) in [5.41, 5.74) is 4.35. The number of ketones is 1. The minimum absolute atomic E-state index is 0.0951. The first-order chi connectivity index (χ1) is 14.7. The Balaban J connectivity index is 1.57. The molecule has 0 saturated carbocycles. The van der Waals surface area contributed by atoms with Crippen molar-refractivity contribution in [2.24, 2.45) is 0 Å². The molecule has 0 atom stereocenters. The number of piperazine rings is 1. The van der Waals surface area contributed by atoms with Crippen molar-refractivity contribution in [2.45, 2.75) is 6.92 Å². The molecule has 1 aliphatic heterocycles. The molecule has 3 aromatic carbocycles. The molecule has 30 heavy (non-hydrogen) atoms. The van der Waals surface area contributed by atoms with Crippen molar-refractivity contribution in [1.82, 2.24) is 5.32 Å². The third-order valence-electron chi connectivity index (χ3n) is 5.32. The van der Waals surface area contributed by atoms with Gasteiger partial charge >= 0.3 is 0 Å². The lowest BCUT2D eigenvalue weighted by Crippen LogP contribution is -2.43. The van der Waals surface area contributed by atoms with Crippen LogP contribution < -0.4 is 15.0 Å². The average molecular weight is 421 g/mol. The Hall–Kier alpha value is -2.82. The van der Waals surface area contributed by atoms with Crippen molar-refractivity contribution in [3.8, 4) is 16.9 Å². The highest BCUT2D eigenvalue weighted by atomic mass is 35.5. The summed E-state index contributed by atoms with van der Waals surface area (Å²) in [6, 6.07) is 21.3. The van der Waals surface area contributed by atoms with Gasteiger partial charge in [0.25, 0.3) is 0 Å². The van der Waals surface area contributed by atoms with Crippen LogP contribution in [0.25, 0.3) is 11.1 Å². The lowest BCUT2D eigenvalue weighted by Gasteiger charge is -2.29. The predicted octanol–water partition coefficient (Wildman–Crippen LogP) is 5.05. The van der Waals surface area contributed by atoms with Crippen LogP contribution in [0.4, 0.5) is 5.69 Å². The molecule has 1 saturated heterocycles. The Labute approximate surface area is 182 Å². The SMILES string of the molecule is CCOc1ccc(C(=O)c2cc(-c3ccc(N4CCNCC4)cc3)ccc2Cl)cc1. The minimum atomic E-state index is -0.0951. The number of carbonyl (C=O) groups excluding carboxylic acids is 1. The van der Waals surface area contributed by atoms with Gasteiger partial charge in [0.1, 0.15) is 5.75 Å². The number of rotatable bonds is 6. The number of nitrogens with one attached hydrogen (secondary N) is 1. The summed E-state index contributed by atoms with van der Waals surface area (Å²) in [7, 11) is 0. The highest BCUT2D eigenvalue weighted by Crippen LogP contribution is 2.29. The molecule has 0 aliphatic carbocycles.